The summed E-state index contributed by atoms with van der Waals surface area (Å²) in [5, 5.41) is 4.93. The molecule has 0 aliphatic heterocycles. The predicted molar refractivity (Wildman–Crippen MR) is 129 cm³/mol. The lowest BCUT2D eigenvalue weighted by Crippen LogP contribution is -2.39. The summed E-state index contributed by atoms with van der Waals surface area (Å²) in [6.07, 6.45) is 0. The van der Waals surface area contributed by atoms with Crippen LogP contribution in [0.1, 0.15) is 22.4 Å². The molecule has 4 N–H and O–H groups in total. The number of ketones is 1. The molecule has 12 heteroatoms. The second kappa shape index (κ2) is 9.41. The first-order valence-corrected chi connectivity index (χ1v) is 11.3. The average molecular weight is 520 g/mol. The van der Waals surface area contributed by atoms with Crippen LogP contribution in [0.25, 0.3) is 11.3 Å². The normalized spacial score (nSPS) is 11.9. The van der Waals surface area contributed by atoms with E-state index in [0.29, 0.717) is 27.0 Å². The number of benzene rings is 2. The summed E-state index contributed by atoms with van der Waals surface area (Å²) in [5.74, 6) is -1.82. The molecule has 0 aliphatic rings. The van der Waals surface area contributed by atoms with Gasteiger partial charge in [0.2, 0.25) is 17.5 Å². The number of carbonyl (C=O) groups excluding carboxylic acids is 2. The van der Waals surface area contributed by atoms with E-state index in [-0.39, 0.29) is 21.6 Å². The van der Waals surface area contributed by atoms with Gasteiger partial charge in [0.15, 0.2) is 5.13 Å². The number of hydrogen-bond acceptors (Lipinski definition) is 8. The minimum absolute atomic E-state index is 0.0729. The predicted octanol–water partition coefficient (Wildman–Crippen LogP) is 5.07. The van der Waals surface area contributed by atoms with Gasteiger partial charge in [-0.05, 0) is 49.4 Å². The number of hydrogen-bond donors (Lipinski definition) is 2. The monoisotopic (exact) mass is 519 g/mol. The van der Waals surface area contributed by atoms with E-state index in [0.717, 1.165) is 11.3 Å². The van der Waals surface area contributed by atoms with Crippen LogP contribution in [-0.4, -0.2) is 27.9 Å². The Labute approximate surface area is 206 Å². The highest BCUT2D eigenvalue weighted by atomic mass is 35.5. The van der Waals surface area contributed by atoms with E-state index >= 15 is 0 Å². The molecule has 1 unspecified atom stereocenters. The van der Waals surface area contributed by atoms with Crippen LogP contribution in [0.3, 0.4) is 0 Å². The van der Waals surface area contributed by atoms with Gasteiger partial charge in [-0.2, -0.15) is 0 Å². The number of anilines is 3. The molecule has 174 valence electrons. The maximum absolute atomic E-state index is 13.4. The first-order chi connectivity index (χ1) is 16.2. The average Bonchev–Trinajstić information content (AvgIpc) is 3.42. The molecule has 0 bridgehead atoms. The van der Waals surface area contributed by atoms with Gasteiger partial charge >= 0.3 is 0 Å². The van der Waals surface area contributed by atoms with E-state index in [9.17, 15) is 14.0 Å². The Hall–Kier alpha value is -3.47. The van der Waals surface area contributed by atoms with Crippen molar-refractivity contribution in [1.29, 1.82) is 0 Å². The summed E-state index contributed by atoms with van der Waals surface area (Å²) in [6.45, 7) is 1.56. The molecule has 0 saturated heterocycles. The van der Waals surface area contributed by atoms with Crippen molar-refractivity contribution in [2.75, 3.05) is 10.6 Å². The van der Waals surface area contributed by atoms with Gasteiger partial charge in [-0.1, -0.05) is 39.7 Å². The maximum atomic E-state index is 13.4. The molecule has 2 aromatic carbocycles. The Balaban J connectivity index is 1.69. The third-order valence-electron chi connectivity index (χ3n) is 4.90. The summed E-state index contributed by atoms with van der Waals surface area (Å²) in [7, 11) is 0. The van der Waals surface area contributed by atoms with Crippen molar-refractivity contribution in [1.82, 2.24) is 10.1 Å². The smallest absolute Gasteiger partial charge is 0.244 e. The molecule has 4 aromatic rings. The Morgan fingerprint density at radius 1 is 1.15 bits per heavy atom. The summed E-state index contributed by atoms with van der Waals surface area (Å²) in [5.41, 5.74) is 12.8. The standard InChI is InChI=1S/C22H16Cl2FN5O3S/c1-10(21(27)32)30(13-5-3-12(25)4-6-13)22-28-20(26)19(34-22)18(31)17-9-16(29-33-17)14-7-2-11(23)8-15(14)24/h2-10H,26H2,1H3,(H2,27,32). The van der Waals surface area contributed by atoms with Crippen molar-refractivity contribution in [3.63, 3.8) is 0 Å². The van der Waals surface area contributed by atoms with Crippen LogP contribution in [0.15, 0.2) is 53.1 Å². The number of carbonyl (C=O) groups is 2. The van der Waals surface area contributed by atoms with Crippen LogP contribution in [0.4, 0.5) is 21.0 Å². The minimum atomic E-state index is -0.858. The SMILES string of the molecule is CC(C(N)=O)N(c1ccc(F)cc1)c1nc(N)c(C(=O)c2cc(-c3ccc(Cl)cc3Cl)no2)s1. The molecule has 0 radical (unpaired) electrons. The van der Waals surface area contributed by atoms with Crippen molar-refractivity contribution in [3.05, 3.63) is 75.0 Å². The van der Waals surface area contributed by atoms with Gasteiger partial charge in [0.05, 0.1) is 5.02 Å². The molecule has 4 rings (SSSR count). The highest BCUT2D eigenvalue weighted by Gasteiger charge is 2.29. The zero-order valence-corrected chi connectivity index (χ0v) is 19.8. The van der Waals surface area contributed by atoms with Gasteiger partial charge in [0.1, 0.15) is 28.2 Å². The number of nitrogen functional groups attached to an aromatic ring is 1. The molecule has 34 heavy (non-hydrogen) atoms. The second-order valence-corrected chi connectivity index (χ2v) is 8.99. The Morgan fingerprint density at radius 2 is 1.85 bits per heavy atom. The van der Waals surface area contributed by atoms with Crippen LogP contribution in [0.5, 0.6) is 0 Å². The van der Waals surface area contributed by atoms with Gasteiger partial charge in [0, 0.05) is 22.3 Å². The van der Waals surface area contributed by atoms with Gasteiger partial charge in [-0.25, -0.2) is 9.37 Å². The van der Waals surface area contributed by atoms with Gasteiger partial charge < -0.3 is 20.9 Å². The number of primary amides is 1. The Kier molecular flexibility index (Phi) is 6.56. The van der Waals surface area contributed by atoms with Crippen LogP contribution in [0, 0.1) is 5.82 Å². The van der Waals surface area contributed by atoms with Crippen molar-refractivity contribution in [3.8, 4) is 11.3 Å². The number of thiazole rings is 1. The fourth-order valence-corrected chi connectivity index (χ4v) is 4.67. The van der Waals surface area contributed by atoms with E-state index in [2.05, 4.69) is 10.1 Å². The molecule has 1 amide bonds. The summed E-state index contributed by atoms with van der Waals surface area (Å²) >= 11 is 13.1. The molecule has 2 aromatic heterocycles. The largest absolute Gasteiger partial charge is 0.382 e. The Morgan fingerprint density at radius 3 is 2.50 bits per heavy atom. The summed E-state index contributed by atoms with van der Waals surface area (Å²) < 4.78 is 18.7. The fourth-order valence-electron chi connectivity index (χ4n) is 3.13. The Bertz CT molecular complexity index is 1390. The fraction of sp³-hybridized carbons (Fsp3) is 0.0909. The van der Waals surface area contributed by atoms with E-state index in [1.807, 2.05) is 0 Å². The van der Waals surface area contributed by atoms with Crippen molar-refractivity contribution >= 4 is 62.9 Å². The quantitative estimate of drug-likeness (QED) is 0.326. The first kappa shape index (κ1) is 23.7. The lowest BCUT2D eigenvalue weighted by Gasteiger charge is -2.26. The third kappa shape index (κ3) is 4.60. The molecule has 2 heterocycles. The van der Waals surface area contributed by atoms with E-state index in [1.165, 1.54) is 35.2 Å². The topological polar surface area (TPSA) is 128 Å². The van der Waals surface area contributed by atoms with E-state index in [1.54, 1.807) is 25.1 Å². The van der Waals surface area contributed by atoms with Crippen molar-refractivity contribution < 1.29 is 18.5 Å². The number of nitrogens with two attached hydrogens (primary N) is 2. The number of amides is 1. The first-order valence-electron chi connectivity index (χ1n) is 9.73. The zero-order chi connectivity index (χ0) is 24.6. The van der Waals surface area contributed by atoms with Crippen LogP contribution < -0.4 is 16.4 Å². The molecule has 0 spiro atoms. The highest BCUT2D eigenvalue weighted by molar-refractivity contribution is 7.18. The van der Waals surface area contributed by atoms with E-state index in [4.69, 9.17) is 39.2 Å². The van der Waals surface area contributed by atoms with Gasteiger partial charge in [-0.15, -0.1) is 0 Å². The molecule has 0 saturated carbocycles. The van der Waals surface area contributed by atoms with Crippen molar-refractivity contribution in [2.45, 2.75) is 13.0 Å². The number of halogens is 3. The number of aromatic nitrogens is 2. The van der Waals surface area contributed by atoms with Crippen LogP contribution >= 0.6 is 34.5 Å². The summed E-state index contributed by atoms with van der Waals surface area (Å²) in [6, 6.07) is 10.8. The third-order valence-corrected chi connectivity index (χ3v) is 6.52. The molecular formula is C22H16Cl2FN5O3S. The molecule has 0 fully saturated rings. The lowest BCUT2D eigenvalue weighted by atomic mass is 10.1. The molecule has 1 atom stereocenters. The number of rotatable bonds is 7. The second-order valence-electron chi connectivity index (χ2n) is 7.17. The summed E-state index contributed by atoms with van der Waals surface area (Å²) in [4.78, 5) is 30.8. The maximum Gasteiger partial charge on any atom is 0.244 e. The zero-order valence-electron chi connectivity index (χ0n) is 17.5. The van der Waals surface area contributed by atoms with Crippen LogP contribution in [0.2, 0.25) is 10.0 Å². The molecular weight excluding hydrogens is 504 g/mol. The minimum Gasteiger partial charge on any atom is -0.382 e. The number of nitrogens with zero attached hydrogens (tertiary/aromatic N) is 3. The van der Waals surface area contributed by atoms with Gasteiger partial charge in [-0.3, -0.25) is 9.59 Å². The molecule has 0 aliphatic carbocycles. The lowest BCUT2D eigenvalue weighted by molar-refractivity contribution is -0.118. The highest BCUT2D eigenvalue weighted by Crippen LogP contribution is 2.37. The van der Waals surface area contributed by atoms with Crippen molar-refractivity contribution in [2.24, 2.45) is 5.73 Å². The van der Waals surface area contributed by atoms with E-state index < -0.39 is 23.5 Å². The van der Waals surface area contributed by atoms with Crippen LogP contribution in [-0.2, 0) is 4.79 Å². The van der Waals surface area contributed by atoms with Gasteiger partial charge in [0.25, 0.3) is 0 Å². The molecule has 8 nitrogen and oxygen atoms in total.